The van der Waals surface area contributed by atoms with Gasteiger partial charge in [0.1, 0.15) is 5.82 Å². The van der Waals surface area contributed by atoms with Crippen molar-refractivity contribution in [3.63, 3.8) is 0 Å². The Morgan fingerprint density at radius 2 is 1.95 bits per heavy atom. The van der Waals surface area contributed by atoms with Crippen molar-refractivity contribution < 1.29 is 18.7 Å². The molecule has 22 heavy (non-hydrogen) atoms. The number of aromatic nitrogens is 1. The van der Waals surface area contributed by atoms with Crippen molar-refractivity contribution in [2.24, 2.45) is 0 Å². The van der Waals surface area contributed by atoms with E-state index >= 15 is 0 Å². The van der Waals surface area contributed by atoms with Crippen LogP contribution in [0.2, 0.25) is 0 Å². The molecule has 1 aromatic carbocycles. The summed E-state index contributed by atoms with van der Waals surface area (Å²) in [6.07, 6.45) is 0.401. The normalized spacial score (nSPS) is 11.5. The molecule has 0 aliphatic carbocycles. The van der Waals surface area contributed by atoms with E-state index in [4.69, 9.17) is 4.74 Å². The smallest absolute Gasteiger partial charge is 0.303 e. The molecule has 0 unspecified atom stereocenters. The fraction of sp³-hybridized carbons (Fsp3) is 0.188. The number of pyridine rings is 1. The zero-order valence-electron chi connectivity index (χ0n) is 12.0. The van der Waals surface area contributed by atoms with Crippen LogP contribution in [0.4, 0.5) is 4.39 Å². The van der Waals surface area contributed by atoms with Gasteiger partial charge in [0.15, 0.2) is 0 Å². The number of nitrogens with one attached hydrogen (secondary N) is 1. The minimum absolute atomic E-state index is 0.198. The number of benzene rings is 1. The Labute approximate surface area is 127 Å². The maximum Gasteiger partial charge on any atom is 0.303 e. The van der Waals surface area contributed by atoms with Gasteiger partial charge in [-0.2, -0.15) is 0 Å². The van der Waals surface area contributed by atoms with Crippen molar-refractivity contribution in [1.29, 1.82) is 0 Å². The lowest BCUT2D eigenvalue weighted by Gasteiger charge is -2.16. The number of hydrogen-bond donors (Lipinski definition) is 1. The monoisotopic (exact) mass is 302 g/mol. The highest BCUT2D eigenvalue weighted by atomic mass is 19.1. The minimum Gasteiger partial charge on any atom is -0.446 e. The topological polar surface area (TPSA) is 68.3 Å². The van der Waals surface area contributed by atoms with Crippen molar-refractivity contribution in [2.45, 2.75) is 19.6 Å². The summed E-state index contributed by atoms with van der Waals surface area (Å²) in [6.45, 7) is 1.42. The highest BCUT2D eigenvalue weighted by Crippen LogP contribution is 2.15. The van der Waals surface area contributed by atoms with Crippen LogP contribution in [0.1, 0.15) is 24.3 Å². The Morgan fingerprint density at radius 1 is 1.23 bits per heavy atom. The standard InChI is InChI=1S/C16H15FN2O3/c1-11(20)22-15(14-4-2-3-9-18-14)16(21)19-10-12-5-7-13(17)8-6-12/h2-9,15H,10H2,1H3,(H,19,21)/t15-/m1/s1. The van der Waals surface area contributed by atoms with Gasteiger partial charge in [-0.25, -0.2) is 4.39 Å². The molecule has 1 amide bonds. The quantitative estimate of drug-likeness (QED) is 0.859. The van der Waals surface area contributed by atoms with Crippen molar-refractivity contribution in [1.82, 2.24) is 10.3 Å². The molecule has 114 valence electrons. The SMILES string of the molecule is CC(=O)O[C@@H](C(=O)NCc1ccc(F)cc1)c1ccccn1. The number of carbonyl (C=O) groups is 2. The Bertz CT molecular complexity index is 644. The second kappa shape index (κ2) is 7.31. The zero-order valence-corrected chi connectivity index (χ0v) is 12.0. The maximum atomic E-state index is 12.8. The van der Waals surface area contributed by atoms with E-state index in [0.717, 1.165) is 5.56 Å². The van der Waals surface area contributed by atoms with Crippen LogP contribution in [-0.4, -0.2) is 16.9 Å². The molecular weight excluding hydrogens is 287 g/mol. The Morgan fingerprint density at radius 3 is 2.55 bits per heavy atom. The second-order valence-electron chi connectivity index (χ2n) is 4.59. The molecule has 2 rings (SSSR count). The van der Waals surface area contributed by atoms with Gasteiger partial charge in [-0.15, -0.1) is 0 Å². The average molecular weight is 302 g/mol. The van der Waals surface area contributed by atoms with Crippen molar-refractivity contribution >= 4 is 11.9 Å². The van der Waals surface area contributed by atoms with Gasteiger partial charge < -0.3 is 10.1 Å². The number of rotatable bonds is 5. The van der Waals surface area contributed by atoms with Crippen molar-refractivity contribution in [3.8, 4) is 0 Å². The van der Waals surface area contributed by atoms with Crippen molar-refractivity contribution in [2.75, 3.05) is 0 Å². The molecule has 1 N–H and O–H groups in total. The molecule has 0 bridgehead atoms. The highest BCUT2D eigenvalue weighted by molar-refractivity contribution is 5.84. The minimum atomic E-state index is -1.11. The van der Waals surface area contributed by atoms with E-state index in [0.29, 0.717) is 5.69 Å². The Balaban J connectivity index is 2.05. The molecule has 1 aromatic heterocycles. The molecule has 5 nitrogen and oxygen atoms in total. The summed E-state index contributed by atoms with van der Waals surface area (Å²) in [5, 5.41) is 2.64. The lowest BCUT2D eigenvalue weighted by molar-refractivity contribution is -0.154. The molecule has 1 heterocycles. The molecule has 0 fully saturated rings. The van der Waals surface area contributed by atoms with E-state index in [1.165, 1.54) is 25.3 Å². The van der Waals surface area contributed by atoms with E-state index < -0.39 is 18.0 Å². The van der Waals surface area contributed by atoms with E-state index in [2.05, 4.69) is 10.3 Å². The van der Waals surface area contributed by atoms with Gasteiger partial charge in [-0.1, -0.05) is 18.2 Å². The molecule has 1 atom stereocenters. The molecule has 0 saturated carbocycles. The largest absolute Gasteiger partial charge is 0.446 e. The summed E-state index contributed by atoms with van der Waals surface area (Å²) in [5.41, 5.74) is 1.08. The van der Waals surface area contributed by atoms with Crippen LogP contribution < -0.4 is 5.32 Å². The molecular formula is C16H15FN2O3. The number of nitrogens with zero attached hydrogens (tertiary/aromatic N) is 1. The van der Waals surface area contributed by atoms with Gasteiger partial charge in [-0.3, -0.25) is 14.6 Å². The number of ether oxygens (including phenoxy) is 1. The first-order valence-electron chi connectivity index (χ1n) is 6.66. The van der Waals surface area contributed by atoms with Crippen LogP contribution in [-0.2, 0) is 20.9 Å². The summed E-state index contributed by atoms with van der Waals surface area (Å²) >= 11 is 0. The van der Waals surface area contributed by atoms with Crippen LogP contribution >= 0.6 is 0 Å². The van der Waals surface area contributed by atoms with E-state index in [9.17, 15) is 14.0 Å². The number of esters is 1. The Kier molecular flexibility index (Phi) is 5.19. The van der Waals surface area contributed by atoms with Gasteiger partial charge >= 0.3 is 5.97 Å². The van der Waals surface area contributed by atoms with Crippen LogP contribution in [0.15, 0.2) is 48.7 Å². The summed E-state index contributed by atoms with van der Waals surface area (Å²) in [6, 6.07) is 10.8. The van der Waals surface area contributed by atoms with Crippen LogP contribution in [0.5, 0.6) is 0 Å². The van der Waals surface area contributed by atoms with Gasteiger partial charge in [0.2, 0.25) is 6.10 Å². The third kappa shape index (κ3) is 4.37. The highest BCUT2D eigenvalue weighted by Gasteiger charge is 2.24. The fourth-order valence-electron chi connectivity index (χ4n) is 1.83. The van der Waals surface area contributed by atoms with Crippen LogP contribution in [0, 0.1) is 5.82 Å². The summed E-state index contributed by atoms with van der Waals surface area (Å²) in [7, 11) is 0. The van der Waals surface area contributed by atoms with E-state index in [-0.39, 0.29) is 12.4 Å². The average Bonchev–Trinajstić information content (AvgIpc) is 2.52. The third-order valence-electron chi connectivity index (χ3n) is 2.86. The fourth-order valence-corrected chi connectivity index (χ4v) is 1.83. The van der Waals surface area contributed by atoms with Crippen LogP contribution in [0.3, 0.4) is 0 Å². The molecule has 0 aliphatic rings. The summed E-state index contributed by atoms with van der Waals surface area (Å²) in [4.78, 5) is 27.4. The Hall–Kier alpha value is -2.76. The van der Waals surface area contributed by atoms with Crippen molar-refractivity contribution in [3.05, 3.63) is 65.7 Å². The number of halogens is 1. The molecule has 2 aromatic rings. The second-order valence-corrected chi connectivity index (χ2v) is 4.59. The molecule has 0 saturated heterocycles. The molecule has 0 aliphatic heterocycles. The molecule has 6 heteroatoms. The van der Waals surface area contributed by atoms with Crippen LogP contribution in [0.25, 0.3) is 0 Å². The lowest BCUT2D eigenvalue weighted by atomic mass is 10.2. The number of hydrogen-bond acceptors (Lipinski definition) is 4. The first-order valence-corrected chi connectivity index (χ1v) is 6.66. The van der Waals surface area contributed by atoms with Gasteiger partial charge in [-0.05, 0) is 29.8 Å². The van der Waals surface area contributed by atoms with Gasteiger partial charge in [0, 0.05) is 19.7 Å². The summed E-state index contributed by atoms with van der Waals surface area (Å²) in [5.74, 6) is -1.41. The maximum absolute atomic E-state index is 12.8. The predicted molar refractivity (Wildman–Crippen MR) is 77.0 cm³/mol. The summed E-state index contributed by atoms with van der Waals surface area (Å²) < 4.78 is 17.9. The zero-order chi connectivity index (χ0) is 15.9. The lowest BCUT2D eigenvalue weighted by Crippen LogP contribution is -2.31. The first kappa shape index (κ1) is 15.6. The number of carbonyl (C=O) groups excluding carboxylic acids is 2. The molecule has 0 spiro atoms. The van der Waals surface area contributed by atoms with E-state index in [1.54, 1.807) is 30.3 Å². The third-order valence-corrected chi connectivity index (χ3v) is 2.86. The predicted octanol–water partition coefficient (Wildman–Crippen LogP) is 2.14. The first-order chi connectivity index (χ1) is 10.6. The molecule has 0 radical (unpaired) electrons. The van der Waals surface area contributed by atoms with Gasteiger partial charge in [0.25, 0.3) is 5.91 Å². The van der Waals surface area contributed by atoms with E-state index in [1.807, 2.05) is 0 Å². The van der Waals surface area contributed by atoms with Gasteiger partial charge in [0.05, 0.1) is 5.69 Å². The number of amides is 1.